The van der Waals surface area contributed by atoms with Crippen LogP contribution in [0.1, 0.15) is 0 Å². The summed E-state index contributed by atoms with van der Waals surface area (Å²) in [6, 6.07) is 0. The third-order valence-electron chi connectivity index (χ3n) is 0.192. The normalized spacial score (nSPS) is 4.80. The summed E-state index contributed by atoms with van der Waals surface area (Å²) in [7, 11) is 0. The third kappa shape index (κ3) is 4.28. The molecular formula is C2H2HgO2. The zero-order valence-electron chi connectivity index (χ0n) is 2.68. The molecule has 0 N–H and O–H groups in total. The fourth-order valence-electron chi connectivity index (χ4n) is 0.0393. The fourth-order valence-corrected chi connectivity index (χ4v) is 0.345. The first-order valence-corrected chi connectivity index (χ1v) is 7.64. The van der Waals surface area contributed by atoms with Gasteiger partial charge in [0.25, 0.3) is 0 Å². The Balaban J connectivity index is 2.65. The van der Waals surface area contributed by atoms with Gasteiger partial charge in [-0.2, -0.15) is 0 Å². The Morgan fingerprint density at radius 3 is 1.60 bits per heavy atom. The molecule has 0 atom stereocenters. The van der Waals surface area contributed by atoms with Crippen LogP contribution in [0.5, 0.6) is 0 Å². The molecule has 0 heterocycles. The van der Waals surface area contributed by atoms with Gasteiger partial charge in [-0.05, 0) is 0 Å². The van der Waals surface area contributed by atoms with E-state index in [0.717, 1.165) is 7.59 Å². The van der Waals surface area contributed by atoms with E-state index in [1.165, 1.54) is 0 Å². The summed E-state index contributed by atoms with van der Waals surface area (Å²) in [5.74, 6) is 0. The van der Waals surface area contributed by atoms with Crippen LogP contribution in [0, 0.1) is 0 Å². The number of carbonyl (C=O) groups excluding carboxylic acids is 2. The predicted octanol–water partition coefficient (Wildman–Crippen LogP) is -0.551. The van der Waals surface area contributed by atoms with Gasteiger partial charge in [-0.25, -0.2) is 0 Å². The molecule has 0 amide bonds. The molecule has 0 spiro atoms. The summed E-state index contributed by atoms with van der Waals surface area (Å²) in [6.45, 7) is 0. The van der Waals surface area contributed by atoms with Crippen molar-refractivity contribution in [2.24, 2.45) is 0 Å². The summed E-state index contributed by atoms with van der Waals surface area (Å²) >= 11 is -1.50. The quantitative estimate of drug-likeness (QED) is 0.492. The van der Waals surface area contributed by atoms with Crippen molar-refractivity contribution >= 4 is 7.59 Å². The van der Waals surface area contributed by atoms with E-state index < -0.39 is 24.6 Å². The molecule has 0 fully saturated rings. The molecule has 0 aliphatic heterocycles. The molecule has 5 heavy (non-hydrogen) atoms. The summed E-state index contributed by atoms with van der Waals surface area (Å²) in [6.07, 6.45) is 0. The van der Waals surface area contributed by atoms with E-state index in [2.05, 4.69) is 0 Å². The Kier molecular flexibility index (Phi) is 4.51. The number of hydrogen-bond donors (Lipinski definition) is 0. The van der Waals surface area contributed by atoms with Crippen molar-refractivity contribution in [1.29, 1.82) is 0 Å². The van der Waals surface area contributed by atoms with Crippen LogP contribution in [0.15, 0.2) is 0 Å². The standard InChI is InChI=1S/2CHO.Hg/c2*1-2;/h2*1H;. The molecule has 2 nitrogen and oxygen atoms in total. The van der Waals surface area contributed by atoms with Gasteiger partial charge in [-0.15, -0.1) is 0 Å². The summed E-state index contributed by atoms with van der Waals surface area (Å²) in [5.41, 5.74) is 0. The molecule has 0 saturated heterocycles. The van der Waals surface area contributed by atoms with Crippen LogP contribution < -0.4 is 0 Å². The SMILES string of the molecule is O=[CH][Hg][CH]=O. The number of carbonyl (C=O) groups is 2. The van der Waals surface area contributed by atoms with Gasteiger partial charge in [0, 0.05) is 0 Å². The van der Waals surface area contributed by atoms with Crippen LogP contribution >= 0.6 is 0 Å². The Hall–Kier alpha value is 0.275. The average Bonchev–Trinajstić information content (AvgIpc) is 1.41. The van der Waals surface area contributed by atoms with Crippen LogP contribution in [0.25, 0.3) is 0 Å². The molecular weight excluding hydrogens is 257 g/mol. The molecule has 0 unspecified atom stereocenters. The Morgan fingerprint density at radius 2 is 1.60 bits per heavy atom. The first kappa shape index (κ1) is 5.28. The Labute approximate surface area is 42.0 Å². The van der Waals surface area contributed by atoms with Crippen molar-refractivity contribution in [3.63, 3.8) is 0 Å². The Morgan fingerprint density at radius 1 is 1.20 bits per heavy atom. The monoisotopic (exact) mass is 260 g/mol. The van der Waals surface area contributed by atoms with Crippen molar-refractivity contribution in [3.8, 4) is 0 Å². The average molecular weight is 259 g/mol. The van der Waals surface area contributed by atoms with Gasteiger partial charge in [-0.1, -0.05) is 0 Å². The van der Waals surface area contributed by atoms with Gasteiger partial charge in [0.05, 0.1) is 0 Å². The second-order valence-corrected chi connectivity index (χ2v) is 4.99. The zero-order valence-corrected chi connectivity index (χ0v) is 8.18. The summed E-state index contributed by atoms with van der Waals surface area (Å²) < 4.78 is 1.57. The summed E-state index contributed by atoms with van der Waals surface area (Å²) in [4.78, 5) is 18.5. The molecule has 0 radical (unpaired) electrons. The van der Waals surface area contributed by atoms with E-state index in [0.29, 0.717) is 0 Å². The third-order valence-corrected chi connectivity index (χ3v) is 1.69. The number of rotatable bonds is 2. The van der Waals surface area contributed by atoms with Gasteiger partial charge in [0.1, 0.15) is 0 Å². The van der Waals surface area contributed by atoms with Gasteiger partial charge in [0.2, 0.25) is 0 Å². The first-order valence-electron chi connectivity index (χ1n) is 1.29. The molecule has 0 aromatic heterocycles. The van der Waals surface area contributed by atoms with Crippen molar-refractivity contribution in [1.82, 2.24) is 0 Å². The van der Waals surface area contributed by atoms with Crippen LogP contribution in [0.2, 0.25) is 0 Å². The Bertz CT molecular complexity index is 36.9. The molecule has 0 aliphatic carbocycles. The van der Waals surface area contributed by atoms with E-state index in [9.17, 15) is 9.59 Å². The molecule has 0 aromatic carbocycles. The van der Waals surface area contributed by atoms with Crippen molar-refractivity contribution in [2.75, 3.05) is 0 Å². The van der Waals surface area contributed by atoms with Crippen LogP contribution in [-0.2, 0) is 34.2 Å². The van der Waals surface area contributed by atoms with Crippen molar-refractivity contribution in [3.05, 3.63) is 0 Å². The predicted molar refractivity (Wildman–Crippen MR) is 13.5 cm³/mol. The maximum absolute atomic E-state index is 9.27. The van der Waals surface area contributed by atoms with Crippen LogP contribution in [-0.4, -0.2) is 7.59 Å². The minimum atomic E-state index is -1.50. The van der Waals surface area contributed by atoms with Gasteiger partial charge >= 0.3 is 41.8 Å². The summed E-state index contributed by atoms with van der Waals surface area (Å²) in [5, 5.41) is 0. The minimum absolute atomic E-state index is 0.785. The van der Waals surface area contributed by atoms with Crippen LogP contribution in [0.3, 0.4) is 0 Å². The molecule has 3 heteroatoms. The fraction of sp³-hybridized carbons (Fsp3) is 0. The van der Waals surface area contributed by atoms with E-state index in [1.54, 1.807) is 0 Å². The van der Waals surface area contributed by atoms with Gasteiger partial charge in [-0.3, -0.25) is 0 Å². The molecule has 24 valence electrons. The second kappa shape index (κ2) is 4.28. The second-order valence-electron chi connectivity index (χ2n) is 0.569. The molecule has 0 rings (SSSR count). The topological polar surface area (TPSA) is 34.1 Å². The molecule has 0 aliphatic rings. The van der Waals surface area contributed by atoms with E-state index in [4.69, 9.17) is 0 Å². The first-order chi connectivity index (χ1) is 2.41. The maximum atomic E-state index is 9.27. The van der Waals surface area contributed by atoms with E-state index in [-0.39, 0.29) is 0 Å². The van der Waals surface area contributed by atoms with Crippen LogP contribution in [0.4, 0.5) is 0 Å². The van der Waals surface area contributed by atoms with Gasteiger partial charge < -0.3 is 0 Å². The molecule has 0 aromatic rings. The van der Waals surface area contributed by atoms with E-state index >= 15 is 0 Å². The van der Waals surface area contributed by atoms with Crippen molar-refractivity contribution in [2.45, 2.75) is 0 Å². The zero-order chi connectivity index (χ0) is 4.12. The van der Waals surface area contributed by atoms with E-state index in [1.807, 2.05) is 0 Å². The van der Waals surface area contributed by atoms with Crippen molar-refractivity contribution < 1.29 is 34.2 Å². The van der Waals surface area contributed by atoms with Gasteiger partial charge in [0.15, 0.2) is 0 Å². The molecule has 0 bridgehead atoms. The number of hydrogen-bond acceptors (Lipinski definition) is 2. The molecule has 0 saturated carbocycles.